The van der Waals surface area contributed by atoms with Gasteiger partial charge in [-0.25, -0.2) is 18.6 Å². The molecule has 10 heteroatoms. The molecule has 2 aromatic carbocycles. The van der Waals surface area contributed by atoms with Crippen LogP contribution in [0.15, 0.2) is 59.8 Å². The number of anilines is 1. The Bertz CT molecular complexity index is 1250. The van der Waals surface area contributed by atoms with Gasteiger partial charge in [0.05, 0.1) is 10.5 Å². The van der Waals surface area contributed by atoms with Gasteiger partial charge in [-0.1, -0.05) is 12.1 Å². The van der Waals surface area contributed by atoms with Gasteiger partial charge in [0, 0.05) is 31.4 Å². The molecular formula is C24H22F4N4OS. The monoisotopic (exact) mass is 490 g/mol. The molecule has 1 aliphatic heterocycles. The van der Waals surface area contributed by atoms with Crippen LogP contribution in [-0.2, 0) is 29.3 Å². The number of aryl methyl sites for hydroxylation is 1. The molecule has 3 aromatic rings. The molecule has 1 saturated heterocycles. The van der Waals surface area contributed by atoms with Crippen LogP contribution in [-0.4, -0.2) is 39.2 Å². The minimum absolute atomic E-state index is 0.0615. The maximum Gasteiger partial charge on any atom is 0.416 e. The predicted molar refractivity (Wildman–Crippen MR) is 120 cm³/mol. The van der Waals surface area contributed by atoms with Gasteiger partial charge in [0.15, 0.2) is 16.7 Å². The maximum atomic E-state index is 15.7. The number of likely N-dealkylation sites (tertiary alicyclic amines) is 1. The number of benzene rings is 2. The van der Waals surface area contributed by atoms with Crippen LogP contribution >= 0.6 is 0 Å². The van der Waals surface area contributed by atoms with Gasteiger partial charge in [-0.15, -0.1) is 0 Å². The van der Waals surface area contributed by atoms with Crippen molar-refractivity contribution >= 4 is 16.9 Å². The van der Waals surface area contributed by atoms with E-state index in [-0.39, 0.29) is 30.5 Å². The number of rotatable bonds is 5. The number of alkyl halides is 4. The highest BCUT2D eigenvalue weighted by Crippen LogP contribution is 2.47. The van der Waals surface area contributed by atoms with E-state index in [1.54, 1.807) is 36.5 Å². The largest absolute Gasteiger partial charge is 0.416 e. The molecule has 5 nitrogen and oxygen atoms in total. The molecule has 0 bridgehead atoms. The van der Waals surface area contributed by atoms with Crippen LogP contribution in [0, 0.1) is 0 Å². The summed E-state index contributed by atoms with van der Waals surface area (Å²) >= 11 is 0. The van der Waals surface area contributed by atoms with Crippen molar-refractivity contribution in [3.05, 3.63) is 82.7 Å². The van der Waals surface area contributed by atoms with E-state index in [9.17, 15) is 17.4 Å². The van der Waals surface area contributed by atoms with Crippen molar-refractivity contribution in [2.75, 3.05) is 24.9 Å². The van der Waals surface area contributed by atoms with E-state index in [0.29, 0.717) is 23.3 Å². The molecule has 2 atom stereocenters. The lowest BCUT2D eigenvalue weighted by Gasteiger charge is -2.44. The fourth-order valence-electron chi connectivity index (χ4n) is 4.93. The van der Waals surface area contributed by atoms with Crippen molar-refractivity contribution < 1.29 is 21.8 Å². The van der Waals surface area contributed by atoms with Crippen LogP contribution < -0.4 is 4.72 Å². The predicted octanol–water partition coefficient (Wildman–Crippen LogP) is 4.82. The third-order valence-corrected chi connectivity index (χ3v) is 7.49. The lowest BCUT2D eigenvalue weighted by Crippen LogP contribution is -2.55. The highest BCUT2D eigenvalue weighted by atomic mass is 32.2. The zero-order valence-corrected chi connectivity index (χ0v) is 19.1. The van der Waals surface area contributed by atoms with Gasteiger partial charge in [-0.2, -0.15) is 13.2 Å². The number of fused-ring (bicyclic) bond motifs is 1. The Balaban J connectivity index is 1.47. The molecule has 0 saturated carbocycles. The first-order valence-corrected chi connectivity index (χ1v) is 12.0. The van der Waals surface area contributed by atoms with Gasteiger partial charge in [0.2, 0.25) is 5.95 Å². The highest BCUT2D eigenvalue weighted by molar-refractivity contribution is 7.86. The molecule has 5 rings (SSSR count). The normalized spacial score (nSPS) is 20.4. The van der Waals surface area contributed by atoms with Crippen molar-refractivity contribution in [1.82, 2.24) is 14.9 Å². The molecule has 0 spiro atoms. The highest BCUT2D eigenvalue weighted by Gasteiger charge is 2.47. The second-order valence-corrected chi connectivity index (χ2v) is 10.0. The number of nitrogens with zero attached hydrogens (tertiary/aromatic N) is 3. The van der Waals surface area contributed by atoms with Gasteiger partial charge in [-0.3, -0.25) is 9.62 Å². The zero-order valence-electron chi connectivity index (χ0n) is 18.3. The van der Waals surface area contributed by atoms with Gasteiger partial charge in [0.1, 0.15) is 0 Å². The summed E-state index contributed by atoms with van der Waals surface area (Å²) in [6.45, 7) is 0.123. The summed E-state index contributed by atoms with van der Waals surface area (Å²) in [6, 6.07) is 10.5. The lowest BCUT2D eigenvalue weighted by atomic mass is 9.79. The summed E-state index contributed by atoms with van der Waals surface area (Å²) in [6.07, 6.45) is -0.156. The summed E-state index contributed by atoms with van der Waals surface area (Å²) in [5, 5.41) is 0. The molecule has 178 valence electrons. The van der Waals surface area contributed by atoms with Crippen LogP contribution in [0.4, 0.5) is 23.5 Å². The van der Waals surface area contributed by atoms with E-state index < -0.39 is 28.4 Å². The molecule has 2 aliphatic rings. The Kier molecular flexibility index (Phi) is 5.68. The van der Waals surface area contributed by atoms with Crippen LogP contribution in [0.1, 0.15) is 40.2 Å². The molecule has 0 amide bonds. The second kappa shape index (κ2) is 8.42. The Morgan fingerprint density at radius 2 is 1.79 bits per heavy atom. The minimum atomic E-state index is -4.54. The van der Waals surface area contributed by atoms with E-state index in [4.69, 9.17) is 0 Å². The Morgan fingerprint density at radius 3 is 2.47 bits per heavy atom. The number of nitrogens with one attached hydrogen (secondary N) is 1. The SMILES string of the molecule is CN1CC(F)(c2cc(C(F)(F)F)ccc2C2CCc3cc(S(=O)Nc4ncccn4)ccc32)C1. The van der Waals surface area contributed by atoms with Crippen molar-refractivity contribution in [3.63, 3.8) is 0 Å². The van der Waals surface area contributed by atoms with Crippen LogP contribution in [0.25, 0.3) is 0 Å². The minimum Gasteiger partial charge on any atom is -0.299 e. The maximum absolute atomic E-state index is 15.7. The van der Waals surface area contributed by atoms with Crippen LogP contribution in [0.2, 0.25) is 0 Å². The second-order valence-electron chi connectivity index (χ2n) is 8.83. The molecule has 0 radical (unpaired) electrons. The average Bonchev–Trinajstić information content (AvgIpc) is 3.21. The summed E-state index contributed by atoms with van der Waals surface area (Å²) in [5.41, 5.74) is -0.0586. The van der Waals surface area contributed by atoms with Gasteiger partial charge in [0.25, 0.3) is 0 Å². The third kappa shape index (κ3) is 4.20. The summed E-state index contributed by atoms with van der Waals surface area (Å²) in [5.74, 6) is 0.0195. The number of hydrogen-bond acceptors (Lipinski definition) is 4. The topological polar surface area (TPSA) is 58.1 Å². The van der Waals surface area contributed by atoms with Crippen LogP contribution in [0.5, 0.6) is 0 Å². The number of likely N-dealkylation sites (N-methyl/N-ethyl adjacent to an activating group) is 1. The fraction of sp³-hybridized carbons (Fsp3) is 0.333. The fourth-order valence-corrected chi connectivity index (χ4v) is 5.76. The molecule has 1 N–H and O–H groups in total. The van der Waals surface area contributed by atoms with Gasteiger partial charge in [-0.05, 0) is 72.5 Å². The molecule has 2 unspecified atom stereocenters. The third-order valence-electron chi connectivity index (χ3n) is 6.44. The summed E-state index contributed by atoms with van der Waals surface area (Å²) in [7, 11) is 0.166. The zero-order chi connectivity index (χ0) is 24.1. The van der Waals surface area contributed by atoms with Gasteiger partial charge >= 0.3 is 6.18 Å². The summed E-state index contributed by atoms with van der Waals surface area (Å²) < 4.78 is 71.3. The van der Waals surface area contributed by atoms with E-state index >= 15 is 4.39 Å². The van der Waals surface area contributed by atoms with Gasteiger partial charge < -0.3 is 0 Å². The number of hydrogen-bond donors (Lipinski definition) is 1. The molecule has 1 aliphatic carbocycles. The first-order valence-electron chi connectivity index (χ1n) is 10.8. The Morgan fingerprint density at radius 1 is 1.09 bits per heavy atom. The van der Waals surface area contributed by atoms with Crippen molar-refractivity contribution in [1.29, 1.82) is 0 Å². The van der Waals surface area contributed by atoms with E-state index in [0.717, 1.165) is 23.3 Å². The summed E-state index contributed by atoms with van der Waals surface area (Å²) in [4.78, 5) is 10.3. The first-order chi connectivity index (χ1) is 16.1. The molecule has 34 heavy (non-hydrogen) atoms. The first kappa shape index (κ1) is 22.9. The Labute approximate surface area is 196 Å². The molecule has 1 aromatic heterocycles. The smallest absolute Gasteiger partial charge is 0.299 e. The Hall–Kier alpha value is -2.85. The van der Waals surface area contributed by atoms with E-state index in [1.807, 2.05) is 12.1 Å². The standard InChI is InChI=1S/C24H22F4N4OS/c1-32-13-23(25,14-32)21-12-16(24(26,27)28)4-7-20(21)19-6-3-15-11-17(5-8-18(15)19)34(33)31-22-29-9-2-10-30-22/h2,4-5,7-12,19H,3,6,13-14H2,1H3,(H,29,30,31). The average molecular weight is 491 g/mol. The molecule has 2 heterocycles. The van der Waals surface area contributed by atoms with Crippen molar-refractivity contribution in [2.24, 2.45) is 0 Å². The lowest BCUT2D eigenvalue weighted by molar-refractivity contribution is -0.137. The van der Waals surface area contributed by atoms with E-state index in [1.165, 1.54) is 6.07 Å². The molecular weight excluding hydrogens is 468 g/mol. The van der Waals surface area contributed by atoms with Crippen molar-refractivity contribution in [3.8, 4) is 0 Å². The number of aromatic nitrogens is 2. The molecule has 1 fully saturated rings. The van der Waals surface area contributed by atoms with Crippen LogP contribution in [0.3, 0.4) is 0 Å². The quantitative estimate of drug-likeness (QED) is 0.521. The number of halogens is 4. The van der Waals surface area contributed by atoms with Crippen molar-refractivity contribution in [2.45, 2.75) is 35.5 Å². The van der Waals surface area contributed by atoms with E-state index in [2.05, 4.69) is 14.7 Å².